The van der Waals surface area contributed by atoms with Crippen LogP contribution in [0.2, 0.25) is 5.15 Å². The molecular formula is C12H13ClN2. The monoisotopic (exact) mass is 220 g/mol. The predicted molar refractivity (Wildman–Crippen MR) is 61.6 cm³/mol. The van der Waals surface area contributed by atoms with E-state index in [1.54, 1.807) is 0 Å². The molecule has 2 aromatic rings. The Morgan fingerprint density at radius 2 is 2.27 bits per heavy atom. The van der Waals surface area contributed by atoms with Gasteiger partial charge in [0, 0.05) is 6.20 Å². The van der Waals surface area contributed by atoms with Crippen LogP contribution >= 0.6 is 11.6 Å². The van der Waals surface area contributed by atoms with Gasteiger partial charge in [-0.2, -0.15) is 0 Å². The van der Waals surface area contributed by atoms with Crippen LogP contribution in [0.1, 0.15) is 36.9 Å². The van der Waals surface area contributed by atoms with Crippen molar-refractivity contribution in [2.24, 2.45) is 0 Å². The van der Waals surface area contributed by atoms with Crippen LogP contribution in [0.5, 0.6) is 0 Å². The molecule has 2 aromatic heterocycles. The molecule has 1 aliphatic rings. The van der Waals surface area contributed by atoms with Gasteiger partial charge in [0.15, 0.2) is 0 Å². The summed E-state index contributed by atoms with van der Waals surface area (Å²) >= 11 is 6.25. The molecule has 3 rings (SSSR count). The topological polar surface area (TPSA) is 17.3 Å². The van der Waals surface area contributed by atoms with Crippen molar-refractivity contribution in [3.05, 3.63) is 34.7 Å². The van der Waals surface area contributed by atoms with E-state index in [0.717, 1.165) is 28.8 Å². The van der Waals surface area contributed by atoms with Crippen molar-refractivity contribution in [2.75, 3.05) is 0 Å². The van der Waals surface area contributed by atoms with Crippen molar-refractivity contribution in [2.45, 2.75) is 32.1 Å². The van der Waals surface area contributed by atoms with E-state index >= 15 is 0 Å². The van der Waals surface area contributed by atoms with Gasteiger partial charge in [0.05, 0.1) is 5.69 Å². The van der Waals surface area contributed by atoms with E-state index in [0.29, 0.717) is 0 Å². The largest absolute Gasteiger partial charge is 0.290 e. The Hall–Kier alpha value is -1.02. The quantitative estimate of drug-likeness (QED) is 0.758. The molecule has 2 heterocycles. The summed E-state index contributed by atoms with van der Waals surface area (Å²) in [4.78, 5) is 4.48. The lowest BCUT2D eigenvalue weighted by molar-refractivity contribution is 1.05. The van der Waals surface area contributed by atoms with Crippen molar-refractivity contribution in [1.29, 1.82) is 0 Å². The van der Waals surface area contributed by atoms with Crippen LogP contribution in [-0.2, 0) is 6.42 Å². The summed E-state index contributed by atoms with van der Waals surface area (Å²) in [6.07, 6.45) is 5.66. The van der Waals surface area contributed by atoms with Crippen molar-refractivity contribution in [3.8, 4) is 0 Å². The number of aromatic nitrogens is 2. The van der Waals surface area contributed by atoms with E-state index in [2.05, 4.69) is 30.2 Å². The summed E-state index contributed by atoms with van der Waals surface area (Å²) in [7, 11) is 0. The summed E-state index contributed by atoms with van der Waals surface area (Å²) in [6, 6.07) is 4.24. The van der Waals surface area contributed by atoms with E-state index in [-0.39, 0.29) is 0 Å². The maximum Gasteiger partial charge on any atom is 0.138 e. The number of fused-ring (bicyclic) bond motifs is 1. The van der Waals surface area contributed by atoms with Crippen molar-refractivity contribution in [3.63, 3.8) is 0 Å². The molecule has 0 spiro atoms. The fourth-order valence-corrected chi connectivity index (χ4v) is 2.28. The first kappa shape index (κ1) is 9.22. The van der Waals surface area contributed by atoms with Gasteiger partial charge in [0.2, 0.25) is 0 Å². The number of nitrogens with zero attached hydrogens (tertiary/aromatic N) is 2. The van der Waals surface area contributed by atoms with Crippen LogP contribution in [-0.4, -0.2) is 9.38 Å². The molecule has 1 fully saturated rings. The number of rotatable bonds is 2. The van der Waals surface area contributed by atoms with E-state index in [9.17, 15) is 0 Å². The fourth-order valence-electron chi connectivity index (χ4n) is 1.96. The Bertz CT molecular complexity index is 512. The number of hydrogen-bond donors (Lipinski definition) is 0. The normalized spacial score (nSPS) is 16.1. The first-order valence-electron chi connectivity index (χ1n) is 5.46. The standard InChI is InChI=1S/C12H13ClN2/c1-2-10-12(13)15-7-9(8-3-4-8)5-6-11(15)14-10/h5-8H,2-4H2,1H3. The van der Waals surface area contributed by atoms with E-state index in [1.807, 2.05) is 4.40 Å². The zero-order valence-electron chi connectivity index (χ0n) is 8.70. The molecule has 0 amide bonds. The van der Waals surface area contributed by atoms with Crippen LogP contribution in [0.3, 0.4) is 0 Å². The lowest BCUT2D eigenvalue weighted by Crippen LogP contribution is -1.88. The molecule has 0 bridgehead atoms. The molecule has 3 heteroatoms. The summed E-state index contributed by atoms with van der Waals surface area (Å²) in [5, 5.41) is 0.773. The Morgan fingerprint density at radius 3 is 2.93 bits per heavy atom. The molecule has 78 valence electrons. The molecule has 0 N–H and O–H groups in total. The Balaban J connectivity index is 2.19. The van der Waals surface area contributed by atoms with E-state index in [1.165, 1.54) is 18.4 Å². The molecule has 0 atom stereocenters. The van der Waals surface area contributed by atoms with Crippen molar-refractivity contribution in [1.82, 2.24) is 9.38 Å². The first-order chi connectivity index (χ1) is 7.29. The molecule has 0 saturated heterocycles. The summed E-state index contributed by atoms with van der Waals surface area (Å²) < 4.78 is 2.01. The van der Waals surface area contributed by atoms with Crippen LogP contribution in [0.25, 0.3) is 5.65 Å². The smallest absolute Gasteiger partial charge is 0.138 e. The SMILES string of the molecule is CCc1nc2ccc(C3CC3)cn2c1Cl. The van der Waals surface area contributed by atoms with Gasteiger partial charge in [-0.1, -0.05) is 24.6 Å². The molecule has 0 radical (unpaired) electrons. The highest BCUT2D eigenvalue weighted by atomic mass is 35.5. The molecule has 2 nitrogen and oxygen atoms in total. The Morgan fingerprint density at radius 1 is 1.47 bits per heavy atom. The van der Waals surface area contributed by atoms with Gasteiger partial charge in [0.1, 0.15) is 10.8 Å². The summed E-state index contributed by atoms with van der Waals surface area (Å²) in [5.74, 6) is 0.762. The van der Waals surface area contributed by atoms with Crippen LogP contribution in [0, 0.1) is 0 Å². The first-order valence-corrected chi connectivity index (χ1v) is 5.83. The van der Waals surface area contributed by atoms with Crippen molar-refractivity contribution >= 4 is 17.2 Å². The second kappa shape index (κ2) is 3.24. The number of aryl methyl sites for hydroxylation is 1. The average Bonchev–Trinajstić information content (AvgIpc) is 3.05. The number of hydrogen-bond acceptors (Lipinski definition) is 1. The van der Waals surface area contributed by atoms with Crippen LogP contribution in [0.4, 0.5) is 0 Å². The van der Waals surface area contributed by atoms with Gasteiger partial charge >= 0.3 is 0 Å². The Labute approximate surface area is 93.9 Å². The molecule has 1 aliphatic carbocycles. The zero-order chi connectivity index (χ0) is 10.4. The van der Waals surface area contributed by atoms with Crippen LogP contribution < -0.4 is 0 Å². The fraction of sp³-hybridized carbons (Fsp3) is 0.417. The van der Waals surface area contributed by atoms with Crippen molar-refractivity contribution < 1.29 is 0 Å². The zero-order valence-corrected chi connectivity index (χ0v) is 9.46. The molecular weight excluding hydrogens is 208 g/mol. The highest BCUT2D eigenvalue weighted by molar-refractivity contribution is 6.30. The number of pyridine rings is 1. The van der Waals surface area contributed by atoms with Gasteiger partial charge in [-0.05, 0) is 36.8 Å². The third-order valence-electron chi connectivity index (χ3n) is 3.03. The molecule has 0 unspecified atom stereocenters. The third-order valence-corrected chi connectivity index (χ3v) is 3.43. The minimum absolute atomic E-state index is 0.762. The van der Waals surface area contributed by atoms with Gasteiger partial charge in [-0.25, -0.2) is 4.98 Å². The molecule has 15 heavy (non-hydrogen) atoms. The summed E-state index contributed by atoms with van der Waals surface area (Å²) in [6.45, 7) is 2.08. The molecule has 0 aromatic carbocycles. The number of imidazole rings is 1. The van der Waals surface area contributed by atoms with Gasteiger partial charge in [0.25, 0.3) is 0 Å². The predicted octanol–water partition coefficient (Wildman–Crippen LogP) is 3.43. The van der Waals surface area contributed by atoms with Gasteiger partial charge in [-0.3, -0.25) is 4.40 Å². The lowest BCUT2D eigenvalue weighted by atomic mass is 10.2. The molecule has 1 saturated carbocycles. The van der Waals surface area contributed by atoms with Crippen LogP contribution in [0.15, 0.2) is 18.3 Å². The van der Waals surface area contributed by atoms with E-state index in [4.69, 9.17) is 11.6 Å². The second-order valence-corrected chi connectivity index (χ2v) is 4.53. The highest BCUT2D eigenvalue weighted by Crippen LogP contribution is 2.40. The number of halogens is 1. The second-order valence-electron chi connectivity index (χ2n) is 4.17. The minimum atomic E-state index is 0.762. The highest BCUT2D eigenvalue weighted by Gasteiger charge is 2.24. The minimum Gasteiger partial charge on any atom is -0.290 e. The average molecular weight is 221 g/mol. The van der Waals surface area contributed by atoms with Gasteiger partial charge in [-0.15, -0.1) is 0 Å². The van der Waals surface area contributed by atoms with E-state index < -0.39 is 0 Å². The van der Waals surface area contributed by atoms with Gasteiger partial charge < -0.3 is 0 Å². The maximum absolute atomic E-state index is 6.25. The lowest BCUT2D eigenvalue weighted by Gasteiger charge is -2.00. The maximum atomic E-state index is 6.25. The Kier molecular flexibility index (Phi) is 1.99. The summed E-state index contributed by atoms with van der Waals surface area (Å²) in [5.41, 5.74) is 3.34. The third kappa shape index (κ3) is 1.44. The molecule has 0 aliphatic heterocycles.